The SMILES string of the molecule is Cc1c(C)c2c(c(C)c1Cc1ccc(C(=O)N(Cc3ccc(N(C)C)cc3)C(C)C)o1)CCC(C)(C)O2. The molecular weight excluding hydrogens is 460 g/mol. The topological polar surface area (TPSA) is 45.9 Å². The largest absolute Gasteiger partial charge is 0.487 e. The quantitative estimate of drug-likeness (QED) is 0.348. The molecule has 4 rings (SSSR count). The van der Waals surface area contributed by atoms with E-state index in [4.69, 9.17) is 9.15 Å². The smallest absolute Gasteiger partial charge is 0.290 e. The van der Waals surface area contributed by atoms with Crippen LogP contribution in [0.15, 0.2) is 40.8 Å². The summed E-state index contributed by atoms with van der Waals surface area (Å²) in [5.41, 5.74) is 8.41. The standard InChI is InChI=1S/C32H42N2O3/c1-20(2)34(19-24-10-12-25(13-11-24)33(8)9)31(35)29-15-14-26(36-29)18-28-21(3)22(4)30-27(23(28)5)16-17-32(6,7)37-30/h10-15,20H,16-19H2,1-9H3. The molecule has 37 heavy (non-hydrogen) atoms. The highest BCUT2D eigenvalue weighted by molar-refractivity contribution is 5.91. The predicted molar refractivity (Wildman–Crippen MR) is 151 cm³/mol. The molecule has 0 aliphatic carbocycles. The average molecular weight is 503 g/mol. The number of amides is 1. The summed E-state index contributed by atoms with van der Waals surface area (Å²) in [6.07, 6.45) is 2.68. The van der Waals surface area contributed by atoms with Crippen LogP contribution in [0.5, 0.6) is 5.75 Å². The van der Waals surface area contributed by atoms with Gasteiger partial charge in [-0.05, 0) is 119 Å². The molecule has 0 atom stereocenters. The Balaban J connectivity index is 1.55. The van der Waals surface area contributed by atoms with E-state index in [0.717, 1.165) is 35.6 Å². The zero-order valence-corrected chi connectivity index (χ0v) is 24.0. The predicted octanol–water partition coefficient (Wildman–Crippen LogP) is 7.02. The monoisotopic (exact) mass is 502 g/mol. The minimum Gasteiger partial charge on any atom is -0.487 e. The first-order valence-electron chi connectivity index (χ1n) is 13.3. The lowest BCUT2D eigenvalue weighted by molar-refractivity contribution is 0.0655. The Kier molecular flexibility index (Phi) is 7.45. The van der Waals surface area contributed by atoms with Gasteiger partial charge in [0.1, 0.15) is 17.1 Å². The van der Waals surface area contributed by atoms with Gasteiger partial charge in [0.2, 0.25) is 0 Å². The molecule has 0 saturated heterocycles. The lowest BCUT2D eigenvalue weighted by Gasteiger charge is -2.35. The fraction of sp³-hybridized carbons (Fsp3) is 0.469. The van der Waals surface area contributed by atoms with Gasteiger partial charge in [-0.1, -0.05) is 12.1 Å². The van der Waals surface area contributed by atoms with Crippen molar-refractivity contribution in [3.63, 3.8) is 0 Å². The summed E-state index contributed by atoms with van der Waals surface area (Å²) < 4.78 is 12.6. The van der Waals surface area contributed by atoms with Crippen LogP contribution in [-0.2, 0) is 19.4 Å². The van der Waals surface area contributed by atoms with Gasteiger partial charge in [-0.25, -0.2) is 0 Å². The third-order valence-corrected chi connectivity index (χ3v) is 7.80. The van der Waals surface area contributed by atoms with Crippen LogP contribution in [0.2, 0.25) is 0 Å². The molecule has 1 aliphatic heterocycles. The molecule has 198 valence electrons. The third-order valence-electron chi connectivity index (χ3n) is 7.80. The summed E-state index contributed by atoms with van der Waals surface area (Å²) in [5.74, 6) is 2.17. The number of rotatable bonds is 7. The minimum absolute atomic E-state index is 0.0478. The number of nitrogens with zero attached hydrogens (tertiary/aromatic N) is 2. The van der Waals surface area contributed by atoms with Crippen molar-refractivity contribution in [2.75, 3.05) is 19.0 Å². The van der Waals surface area contributed by atoms with Gasteiger partial charge in [-0.2, -0.15) is 0 Å². The number of hydrogen-bond acceptors (Lipinski definition) is 4. The van der Waals surface area contributed by atoms with Crippen molar-refractivity contribution in [2.24, 2.45) is 0 Å². The van der Waals surface area contributed by atoms with Crippen molar-refractivity contribution in [1.29, 1.82) is 0 Å². The normalized spacial score (nSPS) is 14.3. The maximum atomic E-state index is 13.5. The molecule has 0 fully saturated rings. The molecule has 1 aliphatic rings. The first-order valence-corrected chi connectivity index (χ1v) is 13.3. The first-order chi connectivity index (χ1) is 17.4. The zero-order chi connectivity index (χ0) is 27.1. The van der Waals surface area contributed by atoms with E-state index in [0.29, 0.717) is 18.7 Å². The highest BCUT2D eigenvalue weighted by Gasteiger charge is 2.31. The first kappa shape index (κ1) is 26.8. The number of furan rings is 1. The Hall–Kier alpha value is -3.21. The third kappa shape index (κ3) is 5.56. The van der Waals surface area contributed by atoms with E-state index in [-0.39, 0.29) is 17.6 Å². The van der Waals surface area contributed by atoms with Gasteiger partial charge in [0.15, 0.2) is 5.76 Å². The Morgan fingerprint density at radius 2 is 1.65 bits per heavy atom. The maximum Gasteiger partial charge on any atom is 0.290 e. The molecule has 0 N–H and O–H groups in total. The molecule has 3 aromatic rings. The summed E-state index contributed by atoms with van der Waals surface area (Å²) in [6.45, 7) is 15.5. The fourth-order valence-corrected chi connectivity index (χ4v) is 5.20. The van der Waals surface area contributed by atoms with E-state index in [2.05, 4.69) is 63.8 Å². The maximum absolute atomic E-state index is 13.5. The van der Waals surface area contributed by atoms with Crippen LogP contribution in [0.1, 0.15) is 83.8 Å². The molecule has 0 unspecified atom stereocenters. The van der Waals surface area contributed by atoms with Crippen LogP contribution in [0.3, 0.4) is 0 Å². The zero-order valence-electron chi connectivity index (χ0n) is 24.0. The van der Waals surface area contributed by atoms with Crippen LogP contribution in [-0.4, -0.2) is 36.5 Å². The molecule has 1 amide bonds. The van der Waals surface area contributed by atoms with Crippen LogP contribution >= 0.6 is 0 Å². The van der Waals surface area contributed by atoms with Crippen molar-refractivity contribution >= 4 is 11.6 Å². The summed E-state index contributed by atoms with van der Waals surface area (Å²) in [4.78, 5) is 17.4. The van der Waals surface area contributed by atoms with Gasteiger partial charge >= 0.3 is 0 Å². The van der Waals surface area contributed by atoms with Crippen LogP contribution in [0, 0.1) is 20.8 Å². The molecule has 0 bridgehead atoms. The molecule has 0 spiro atoms. The van der Waals surface area contributed by atoms with Gasteiger partial charge in [0, 0.05) is 38.8 Å². The van der Waals surface area contributed by atoms with E-state index in [1.807, 2.05) is 45.0 Å². The number of carbonyl (C=O) groups is 1. The highest BCUT2D eigenvalue weighted by atomic mass is 16.5. The van der Waals surface area contributed by atoms with Crippen molar-refractivity contribution in [3.05, 3.63) is 81.3 Å². The average Bonchev–Trinajstić information content (AvgIpc) is 3.31. The lowest BCUT2D eigenvalue weighted by Crippen LogP contribution is -2.36. The minimum atomic E-state index is -0.134. The molecule has 2 heterocycles. The molecule has 2 aromatic carbocycles. The summed E-state index contributed by atoms with van der Waals surface area (Å²) >= 11 is 0. The summed E-state index contributed by atoms with van der Waals surface area (Å²) in [6, 6.07) is 12.2. The van der Waals surface area contributed by atoms with Crippen LogP contribution in [0.4, 0.5) is 5.69 Å². The van der Waals surface area contributed by atoms with E-state index in [1.54, 1.807) is 0 Å². The van der Waals surface area contributed by atoms with Gasteiger partial charge in [-0.3, -0.25) is 4.79 Å². The number of anilines is 1. The molecule has 0 radical (unpaired) electrons. The van der Waals surface area contributed by atoms with Crippen LogP contribution in [0.25, 0.3) is 0 Å². The Bertz CT molecular complexity index is 1280. The lowest BCUT2D eigenvalue weighted by atomic mass is 9.84. The molecular formula is C32H42N2O3. The number of carbonyl (C=O) groups excluding carboxylic acids is 1. The summed E-state index contributed by atoms with van der Waals surface area (Å²) in [5, 5.41) is 0. The van der Waals surface area contributed by atoms with Gasteiger partial charge in [0.25, 0.3) is 5.91 Å². The van der Waals surface area contributed by atoms with Crippen molar-refractivity contribution in [2.45, 2.75) is 85.9 Å². The van der Waals surface area contributed by atoms with Gasteiger partial charge in [0.05, 0.1) is 0 Å². The molecule has 5 nitrogen and oxygen atoms in total. The van der Waals surface area contributed by atoms with Crippen molar-refractivity contribution < 1.29 is 13.9 Å². The van der Waals surface area contributed by atoms with Crippen molar-refractivity contribution in [1.82, 2.24) is 4.90 Å². The number of benzene rings is 2. The second kappa shape index (κ2) is 10.3. The van der Waals surface area contributed by atoms with Gasteiger partial charge in [-0.15, -0.1) is 0 Å². The van der Waals surface area contributed by atoms with E-state index < -0.39 is 0 Å². The Morgan fingerprint density at radius 1 is 0.973 bits per heavy atom. The molecule has 5 heteroatoms. The van der Waals surface area contributed by atoms with Crippen molar-refractivity contribution in [3.8, 4) is 5.75 Å². The summed E-state index contributed by atoms with van der Waals surface area (Å²) in [7, 11) is 4.05. The fourth-order valence-electron chi connectivity index (χ4n) is 5.20. The van der Waals surface area contributed by atoms with Crippen LogP contribution < -0.4 is 9.64 Å². The molecule has 0 saturated carbocycles. The number of fused-ring (bicyclic) bond motifs is 1. The number of hydrogen-bond donors (Lipinski definition) is 0. The number of ether oxygens (including phenoxy) is 1. The Morgan fingerprint density at radius 3 is 2.27 bits per heavy atom. The highest BCUT2D eigenvalue weighted by Crippen LogP contribution is 2.41. The van der Waals surface area contributed by atoms with Gasteiger partial charge < -0.3 is 19.0 Å². The van der Waals surface area contributed by atoms with E-state index in [1.165, 1.54) is 27.8 Å². The second-order valence-electron chi connectivity index (χ2n) is 11.6. The van der Waals surface area contributed by atoms with E-state index >= 15 is 0 Å². The molecule has 1 aromatic heterocycles. The Labute approximate surface area is 222 Å². The van der Waals surface area contributed by atoms with E-state index in [9.17, 15) is 4.79 Å². The second-order valence-corrected chi connectivity index (χ2v) is 11.6.